The number of hydrogen-bond donors (Lipinski definition) is 0. The van der Waals surface area contributed by atoms with Crippen LogP contribution in [0, 0.1) is 17.0 Å². The van der Waals surface area contributed by atoms with Crippen molar-refractivity contribution in [1.82, 2.24) is 10.1 Å². The molecule has 1 aliphatic rings. The Morgan fingerprint density at radius 2 is 1.92 bits per heavy atom. The van der Waals surface area contributed by atoms with E-state index in [-0.39, 0.29) is 10.6 Å². The first-order chi connectivity index (χ1) is 12.2. The van der Waals surface area contributed by atoms with Gasteiger partial charge in [-0.1, -0.05) is 5.16 Å². The third kappa shape index (κ3) is 4.02. The van der Waals surface area contributed by atoms with Crippen molar-refractivity contribution in [1.29, 1.82) is 0 Å². The molecule has 9 nitrogen and oxygen atoms in total. The SMILES string of the molecule is Cc1cc(CN2CCN(c3ccc(S(C)(=O)=O)cc3[N+](=O)[O-])CC2)no1. The second-order valence-electron chi connectivity index (χ2n) is 6.37. The van der Waals surface area contributed by atoms with Crippen molar-refractivity contribution in [3.63, 3.8) is 0 Å². The van der Waals surface area contributed by atoms with Gasteiger partial charge in [0.1, 0.15) is 11.4 Å². The van der Waals surface area contributed by atoms with Crippen LogP contribution in [0.5, 0.6) is 0 Å². The third-order valence-electron chi connectivity index (χ3n) is 4.35. The lowest BCUT2D eigenvalue weighted by Gasteiger charge is -2.35. The Morgan fingerprint density at radius 1 is 1.23 bits per heavy atom. The molecule has 0 saturated carbocycles. The first kappa shape index (κ1) is 18.3. The maximum Gasteiger partial charge on any atom is 0.293 e. The number of benzene rings is 1. The summed E-state index contributed by atoms with van der Waals surface area (Å²) in [6.45, 7) is 5.16. The Hall–Kier alpha value is -2.46. The van der Waals surface area contributed by atoms with Crippen molar-refractivity contribution in [3.05, 3.63) is 45.8 Å². The van der Waals surface area contributed by atoms with Crippen LogP contribution >= 0.6 is 0 Å². The minimum Gasteiger partial charge on any atom is -0.363 e. The summed E-state index contributed by atoms with van der Waals surface area (Å²) in [5.41, 5.74) is 1.12. The summed E-state index contributed by atoms with van der Waals surface area (Å²) in [4.78, 5) is 14.9. The molecule has 1 saturated heterocycles. The van der Waals surface area contributed by atoms with Crippen molar-refractivity contribution >= 4 is 21.2 Å². The molecule has 0 amide bonds. The zero-order valence-electron chi connectivity index (χ0n) is 14.6. The molecule has 0 N–H and O–H groups in total. The second-order valence-corrected chi connectivity index (χ2v) is 8.39. The van der Waals surface area contributed by atoms with Crippen LogP contribution in [-0.2, 0) is 16.4 Å². The van der Waals surface area contributed by atoms with Crippen LogP contribution in [0.25, 0.3) is 0 Å². The maximum atomic E-state index is 11.7. The zero-order chi connectivity index (χ0) is 18.9. The van der Waals surface area contributed by atoms with Gasteiger partial charge in [-0.3, -0.25) is 15.0 Å². The fourth-order valence-electron chi connectivity index (χ4n) is 3.02. The monoisotopic (exact) mass is 380 g/mol. The predicted molar refractivity (Wildman–Crippen MR) is 94.9 cm³/mol. The number of rotatable bonds is 5. The van der Waals surface area contributed by atoms with Gasteiger partial charge in [-0.25, -0.2) is 8.42 Å². The highest BCUT2D eigenvalue weighted by molar-refractivity contribution is 7.90. The smallest absolute Gasteiger partial charge is 0.293 e. The molecule has 0 spiro atoms. The molecule has 0 bridgehead atoms. The topological polar surface area (TPSA) is 110 Å². The van der Waals surface area contributed by atoms with E-state index >= 15 is 0 Å². The molecule has 26 heavy (non-hydrogen) atoms. The predicted octanol–water partition coefficient (Wildman–Crippen LogP) is 1.62. The number of piperazine rings is 1. The van der Waals surface area contributed by atoms with Crippen LogP contribution in [0.4, 0.5) is 11.4 Å². The number of nitro benzene ring substituents is 1. The second kappa shape index (κ2) is 7.04. The molecule has 2 aromatic rings. The minimum atomic E-state index is -3.49. The van der Waals surface area contributed by atoms with E-state index in [4.69, 9.17) is 4.52 Å². The van der Waals surface area contributed by atoms with E-state index in [2.05, 4.69) is 10.1 Å². The van der Waals surface area contributed by atoms with Crippen LogP contribution in [-0.4, -0.2) is 55.8 Å². The molecule has 1 aliphatic heterocycles. The van der Waals surface area contributed by atoms with Gasteiger partial charge in [-0.05, 0) is 19.1 Å². The molecular weight excluding hydrogens is 360 g/mol. The maximum absolute atomic E-state index is 11.7. The molecule has 140 valence electrons. The average Bonchev–Trinajstić information content (AvgIpc) is 2.99. The number of hydrogen-bond acceptors (Lipinski definition) is 8. The van der Waals surface area contributed by atoms with E-state index < -0.39 is 14.8 Å². The lowest BCUT2D eigenvalue weighted by Crippen LogP contribution is -2.46. The van der Waals surface area contributed by atoms with Crippen LogP contribution in [0.15, 0.2) is 33.7 Å². The van der Waals surface area contributed by atoms with E-state index in [1.165, 1.54) is 12.1 Å². The van der Waals surface area contributed by atoms with Crippen molar-refractivity contribution in [2.24, 2.45) is 0 Å². The summed E-state index contributed by atoms with van der Waals surface area (Å²) in [7, 11) is -3.49. The number of sulfone groups is 1. The number of nitro groups is 1. The van der Waals surface area contributed by atoms with Gasteiger partial charge in [0.05, 0.1) is 15.5 Å². The summed E-state index contributed by atoms with van der Waals surface area (Å²) < 4.78 is 28.4. The van der Waals surface area contributed by atoms with Gasteiger partial charge >= 0.3 is 0 Å². The number of anilines is 1. The zero-order valence-corrected chi connectivity index (χ0v) is 15.4. The fraction of sp³-hybridized carbons (Fsp3) is 0.438. The Morgan fingerprint density at radius 3 is 2.46 bits per heavy atom. The highest BCUT2D eigenvalue weighted by atomic mass is 32.2. The van der Waals surface area contributed by atoms with E-state index in [0.29, 0.717) is 25.3 Å². The normalized spacial score (nSPS) is 16.0. The van der Waals surface area contributed by atoms with Crippen molar-refractivity contribution < 1.29 is 17.9 Å². The fourth-order valence-corrected chi connectivity index (χ4v) is 3.66. The lowest BCUT2D eigenvalue weighted by atomic mass is 10.2. The largest absolute Gasteiger partial charge is 0.363 e. The van der Waals surface area contributed by atoms with Crippen molar-refractivity contribution in [2.75, 3.05) is 37.3 Å². The molecule has 1 aromatic heterocycles. The number of nitrogens with zero attached hydrogens (tertiary/aromatic N) is 4. The Bertz CT molecular complexity index is 916. The molecule has 10 heteroatoms. The third-order valence-corrected chi connectivity index (χ3v) is 5.46. The molecular formula is C16H20N4O5S. The van der Waals surface area contributed by atoms with E-state index in [9.17, 15) is 18.5 Å². The summed E-state index contributed by atoms with van der Waals surface area (Å²) in [6.07, 6.45) is 1.04. The van der Waals surface area contributed by atoms with E-state index in [1.54, 1.807) is 0 Å². The van der Waals surface area contributed by atoms with E-state index in [1.807, 2.05) is 17.9 Å². The Kier molecular flexibility index (Phi) is 4.97. The summed E-state index contributed by atoms with van der Waals surface area (Å²) in [5, 5.41) is 15.4. The van der Waals surface area contributed by atoms with Gasteiger partial charge in [0.25, 0.3) is 5.69 Å². The van der Waals surface area contributed by atoms with Gasteiger partial charge in [0, 0.05) is 51.1 Å². The highest BCUT2D eigenvalue weighted by Crippen LogP contribution is 2.31. The molecule has 0 unspecified atom stereocenters. The van der Waals surface area contributed by atoms with Crippen molar-refractivity contribution in [2.45, 2.75) is 18.4 Å². The summed E-state index contributed by atoms with van der Waals surface area (Å²) >= 11 is 0. The number of aromatic nitrogens is 1. The standard InChI is InChI=1S/C16H20N4O5S/c1-12-9-13(17-25-12)11-18-5-7-19(8-6-18)15-4-3-14(26(2,23)24)10-16(15)20(21)22/h3-4,9-10H,5-8,11H2,1-2H3. The van der Waals surface area contributed by atoms with Crippen molar-refractivity contribution in [3.8, 4) is 0 Å². The molecule has 0 aliphatic carbocycles. The molecule has 0 atom stereocenters. The molecule has 3 rings (SSSR count). The first-order valence-electron chi connectivity index (χ1n) is 8.12. The van der Waals surface area contributed by atoms with Gasteiger partial charge in [-0.2, -0.15) is 0 Å². The Labute approximate surface area is 151 Å². The minimum absolute atomic E-state index is 0.0482. The van der Waals surface area contributed by atoms with Gasteiger partial charge in [0.2, 0.25) is 0 Å². The van der Waals surface area contributed by atoms with Crippen LogP contribution < -0.4 is 4.90 Å². The van der Waals surface area contributed by atoms with Crippen LogP contribution in [0.2, 0.25) is 0 Å². The molecule has 1 fully saturated rings. The summed E-state index contributed by atoms with van der Waals surface area (Å²) in [6, 6.07) is 5.96. The van der Waals surface area contributed by atoms with Gasteiger partial charge < -0.3 is 9.42 Å². The molecule has 2 heterocycles. The summed E-state index contributed by atoms with van der Waals surface area (Å²) in [5.74, 6) is 0.764. The lowest BCUT2D eigenvalue weighted by molar-refractivity contribution is -0.384. The quantitative estimate of drug-likeness (QED) is 0.568. The number of aryl methyl sites for hydroxylation is 1. The van der Waals surface area contributed by atoms with Crippen LogP contribution in [0.1, 0.15) is 11.5 Å². The first-order valence-corrected chi connectivity index (χ1v) is 10.0. The van der Waals surface area contributed by atoms with Gasteiger partial charge in [0.15, 0.2) is 9.84 Å². The van der Waals surface area contributed by atoms with E-state index in [0.717, 1.165) is 36.9 Å². The highest BCUT2D eigenvalue weighted by Gasteiger charge is 2.26. The molecule has 0 radical (unpaired) electrons. The molecule has 1 aromatic carbocycles. The Balaban J connectivity index is 1.73. The average molecular weight is 380 g/mol. The van der Waals surface area contributed by atoms with Crippen LogP contribution in [0.3, 0.4) is 0 Å². The van der Waals surface area contributed by atoms with Gasteiger partial charge in [-0.15, -0.1) is 0 Å².